The van der Waals surface area contributed by atoms with Gasteiger partial charge in [0.25, 0.3) is 12.1 Å². The third-order valence-corrected chi connectivity index (χ3v) is 7.61. The molecule has 14 heteroatoms. The second-order valence-electron chi connectivity index (χ2n) is 10.5. The monoisotopic (exact) mass is 702 g/mol. The lowest BCUT2D eigenvalue weighted by atomic mass is 9.93. The summed E-state index contributed by atoms with van der Waals surface area (Å²) in [4.78, 5) is 35.9. The number of halogens is 4. The number of carbonyl (C=O) groups excluding carboxylic acids is 1. The zero-order valence-corrected chi connectivity index (χ0v) is 25.8. The molecule has 0 saturated carbocycles. The van der Waals surface area contributed by atoms with E-state index in [4.69, 9.17) is 5.11 Å². The minimum Gasteiger partial charge on any atom is -0.479 e. The van der Waals surface area contributed by atoms with E-state index in [1.165, 1.54) is 28.7 Å². The highest BCUT2D eigenvalue weighted by atomic mass is 79.9. The number of nitrogens with one attached hydrogen (secondary N) is 2. The lowest BCUT2D eigenvalue weighted by Crippen LogP contribution is -2.36. The molecule has 10 nitrogen and oxygen atoms in total. The Kier molecular flexibility index (Phi) is 11.2. The summed E-state index contributed by atoms with van der Waals surface area (Å²) in [6.45, 7) is -0.489. The van der Waals surface area contributed by atoms with Crippen LogP contribution in [-0.2, 0) is 17.5 Å². The van der Waals surface area contributed by atoms with Crippen molar-refractivity contribution in [2.75, 3.05) is 16.8 Å². The molecule has 1 aliphatic rings. The van der Waals surface area contributed by atoms with Crippen LogP contribution in [0.2, 0.25) is 0 Å². The number of allylic oxidation sites excluding steroid dienone is 2. The molecule has 1 aliphatic carbocycles. The van der Waals surface area contributed by atoms with Crippen LogP contribution in [0.25, 0.3) is 5.57 Å². The zero-order chi connectivity index (χ0) is 33.4. The quantitative estimate of drug-likeness (QED) is 0.119. The van der Waals surface area contributed by atoms with Gasteiger partial charge in [0, 0.05) is 28.0 Å². The lowest BCUT2D eigenvalue weighted by Gasteiger charge is -2.28. The first-order chi connectivity index (χ1) is 21.8. The first-order valence-corrected chi connectivity index (χ1v) is 14.9. The van der Waals surface area contributed by atoms with E-state index in [1.54, 1.807) is 24.3 Å². The molecule has 0 spiro atoms. The summed E-state index contributed by atoms with van der Waals surface area (Å²) in [6, 6.07) is 16.5. The topological polar surface area (TPSA) is 145 Å². The Morgan fingerprint density at radius 2 is 1.76 bits per heavy atom. The molecule has 0 fully saturated rings. The summed E-state index contributed by atoms with van der Waals surface area (Å²) in [5.41, 5.74) is 2.47. The van der Waals surface area contributed by atoms with Gasteiger partial charge in [-0.15, -0.1) is 0 Å². The number of alkyl halides is 3. The van der Waals surface area contributed by atoms with E-state index in [0.717, 1.165) is 43.4 Å². The normalized spacial score (nSPS) is 14.2. The summed E-state index contributed by atoms with van der Waals surface area (Å²) < 4.78 is 40.8. The number of carboxylic acids is 1. The highest BCUT2D eigenvalue weighted by molar-refractivity contribution is 9.10. The van der Waals surface area contributed by atoms with Gasteiger partial charge in [-0.3, -0.25) is 14.9 Å². The number of carbonyl (C=O) groups is 2. The van der Waals surface area contributed by atoms with Crippen LogP contribution >= 0.6 is 15.9 Å². The van der Waals surface area contributed by atoms with Gasteiger partial charge in [-0.05, 0) is 84.8 Å². The molecule has 3 aromatic carbocycles. The second-order valence-corrected chi connectivity index (χ2v) is 11.4. The summed E-state index contributed by atoms with van der Waals surface area (Å²) in [5.74, 6) is -2.23. The number of aliphatic hydroxyl groups excluding tert-OH is 1. The summed E-state index contributed by atoms with van der Waals surface area (Å²) in [7, 11) is 0. The predicted octanol–water partition coefficient (Wildman–Crippen LogP) is 6.79. The summed E-state index contributed by atoms with van der Waals surface area (Å²) >= 11 is 3.08. The van der Waals surface area contributed by atoms with Crippen LogP contribution < -0.4 is 15.5 Å². The van der Waals surface area contributed by atoms with E-state index in [-0.39, 0.29) is 28.1 Å². The van der Waals surface area contributed by atoms with Crippen molar-refractivity contribution in [1.29, 1.82) is 0 Å². The SMILES string of the molecule is O=C(NC[C@@H](O)C(=O)O)c1ccc(CN(/C(=C\[N+](=O)[O-])Nc2cc(Br)cc(C(F)(F)F)c2)c2ccc(C3=CCCCC3)cc2)cc1. The van der Waals surface area contributed by atoms with Crippen LogP contribution in [0.3, 0.4) is 0 Å². The number of carboxylic acid groups (broad SMARTS) is 1. The first-order valence-electron chi connectivity index (χ1n) is 14.2. The van der Waals surface area contributed by atoms with Crippen molar-refractivity contribution < 1.29 is 37.9 Å². The molecule has 1 atom stereocenters. The maximum atomic E-state index is 13.6. The largest absolute Gasteiger partial charge is 0.479 e. The van der Waals surface area contributed by atoms with Crippen molar-refractivity contribution in [2.24, 2.45) is 0 Å². The number of benzene rings is 3. The van der Waals surface area contributed by atoms with Gasteiger partial charge in [0.05, 0.1) is 17.0 Å². The van der Waals surface area contributed by atoms with E-state index in [1.807, 2.05) is 12.1 Å². The smallest absolute Gasteiger partial charge is 0.416 e. The molecular formula is C32H30BrF3N4O6. The Labute approximate surface area is 270 Å². The number of hydrogen-bond donors (Lipinski definition) is 4. The summed E-state index contributed by atoms with van der Waals surface area (Å²) in [6.07, 6.45) is 0.514. The number of aliphatic carboxylic acids is 1. The Hall–Kier alpha value is -4.69. The lowest BCUT2D eigenvalue weighted by molar-refractivity contribution is -0.403. The van der Waals surface area contributed by atoms with E-state index in [2.05, 4.69) is 32.6 Å². The number of hydrogen-bond acceptors (Lipinski definition) is 7. The van der Waals surface area contributed by atoms with Gasteiger partial charge >= 0.3 is 12.1 Å². The Balaban J connectivity index is 1.68. The third kappa shape index (κ3) is 9.41. The number of aliphatic hydroxyl groups is 1. The van der Waals surface area contributed by atoms with Gasteiger partial charge in [0.1, 0.15) is 0 Å². The molecule has 0 heterocycles. The minimum absolute atomic E-state index is 0.00841. The van der Waals surface area contributed by atoms with Crippen LogP contribution in [0.4, 0.5) is 24.5 Å². The van der Waals surface area contributed by atoms with Gasteiger partial charge in [0.15, 0.2) is 11.9 Å². The molecule has 3 aromatic rings. The van der Waals surface area contributed by atoms with Crippen LogP contribution in [-0.4, -0.2) is 39.7 Å². The van der Waals surface area contributed by atoms with Crippen LogP contribution in [0.5, 0.6) is 0 Å². The van der Waals surface area contributed by atoms with Gasteiger partial charge in [-0.2, -0.15) is 13.2 Å². The fourth-order valence-corrected chi connectivity index (χ4v) is 5.33. The van der Waals surface area contributed by atoms with Gasteiger partial charge in [-0.25, -0.2) is 4.79 Å². The molecule has 4 rings (SSSR count). The van der Waals surface area contributed by atoms with Gasteiger partial charge in [-0.1, -0.05) is 46.3 Å². The van der Waals surface area contributed by atoms with Gasteiger partial charge < -0.3 is 25.7 Å². The molecule has 46 heavy (non-hydrogen) atoms. The van der Waals surface area contributed by atoms with Crippen LogP contribution in [0, 0.1) is 10.1 Å². The van der Waals surface area contributed by atoms with Crippen LogP contribution in [0.1, 0.15) is 52.7 Å². The molecule has 242 valence electrons. The van der Waals surface area contributed by atoms with Crippen molar-refractivity contribution in [2.45, 2.75) is 44.5 Å². The average molecular weight is 704 g/mol. The molecule has 4 N–H and O–H groups in total. The van der Waals surface area contributed by atoms with E-state index in [9.17, 15) is 38.0 Å². The van der Waals surface area contributed by atoms with Crippen LogP contribution in [0.15, 0.2) is 89.3 Å². The Morgan fingerprint density at radius 3 is 2.35 bits per heavy atom. The predicted molar refractivity (Wildman–Crippen MR) is 169 cm³/mol. The Bertz CT molecular complexity index is 1640. The molecule has 0 aromatic heterocycles. The fourth-order valence-electron chi connectivity index (χ4n) is 4.84. The number of nitrogens with zero attached hydrogens (tertiary/aromatic N) is 2. The molecule has 0 bridgehead atoms. The number of amides is 1. The van der Waals surface area contributed by atoms with E-state index < -0.39 is 41.2 Å². The van der Waals surface area contributed by atoms with E-state index in [0.29, 0.717) is 17.5 Å². The number of rotatable bonds is 12. The highest BCUT2D eigenvalue weighted by Crippen LogP contribution is 2.35. The van der Waals surface area contributed by atoms with Gasteiger partial charge in [0.2, 0.25) is 0 Å². The highest BCUT2D eigenvalue weighted by Gasteiger charge is 2.31. The Morgan fingerprint density at radius 1 is 1.07 bits per heavy atom. The average Bonchev–Trinajstić information content (AvgIpc) is 3.02. The van der Waals surface area contributed by atoms with Crippen molar-refractivity contribution in [1.82, 2.24) is 5.32 Å². The molecule has 0 unspecified atom stereocenters. The van der Waals surface area contributed by atoms with Crippen molar-refractivity contribution >= 4 is 44.8 Å². The maximum absolute atomic E-state index is 13.6. The summed E-state index contributed by atoms with van der Waals surface area (Å²) in [5, 5.41) is 35.1. The first kappa shape index (κ1) is 34.2. The van der Waals surface area contributed by atoms with Crippen molar-refractivity contribution in [3.63, 3.8) is 0 Å². The van der Waals surface area contributed by atoms with E-state index >= 15 is 0 Å². The van der Waals surface area contributed by atoms with Crippen molar-refractivity contribution in [3.05, 3.63) is 122 Å². The van der Waals surface area contributed by atoms with Crippen molar-refractivity contribution in [3.8, 4) is 0 Å². The molecule has 0 saturated heterocycles. The third-order valence-electron chi connectivity index (χ3n) is 7.15. The fraction of sp³-hybridized carbons (Fsp3) is 0.250. The molecule has 1 amide bonds. The molecular weight excluding hydrogens is 673 g/mol. The zero-order valence-electron chi connectivity index (χ0n) is 24.3. The second kappa shape index (κ2) is 15.1. The minimum atomic E-state index is -4.66. The standard InChI is InChI=1S/C32H30BrF3N4O6/c33-25-14-24(32(34,35)36)15-26(16-25)38-29(19-40(45)46)39(27-12-10-22(11-13-27)21-4-2-1-3-5-21)18-20-6-8-23(9-7-20)30(42)37-17-28(41)31(43)44/h4,6-16,19,28,38,41H,1-3,5,17-18H2,(H,37,42)(H,43,44)/b29-19-/t28-/m1/s1. The molecule has 0 aliphatic heterocycles. The number of nitro groups is 1. The maximum Gasteiger partial charge on any atom is 0.416 e. The number of anilines is 2. The molecule has 0 radical (unpaired) electrons.